The summed E-state index contributed by atoms with van der Waals surface area (Å²) in [5, 5.41) is 4.26. The number of alkyl halides is 1. The quantitative estimate of drug-likeness (QED) is 0.920. The molecule has 0 aliphatic rings. The summed E-state index contributed by atoms with van der Waals surface area (Å²) in [7, 11) is 4.74. The van der Waals surface area contributed by atoms with Crippen LogP contribution in [0, 0.1) is 0 Å². The highest BCUT2D eigenvalue weighted by molar-refractivity contribution is 5.68. The van der Waals surface area contributed by atoms with Crippen LogP contribution < -0.4 is 15.2 Å². The molecule has 0 aliphatic carbocycles. The number of nitrogens with two attached hydrogens (primary N) is 1. The van der Waals surface area contributed by atoms with Crippen LogP contribution in [0.3, 0.4) is 0 Å². The smallest absolute Gasteiger partial charge is 0.166 e. The molecule has 2 N–H and O–H groups in total. The van der Waals surface area contributed by atoms with Crippen molar-refractivity contribution >= 4 is 5.82 Å². The molecule has 1 heterocycles. The van der Waals surface area contributed by atoms with Gasteiger partial charge >= 0.3 is 0 Å². The van der Waals surface area contributed by atoms with Gasteiger partial charge in [0.1, 0.15) is 12.5 Å². The minimum absolute atomic E-state index is 0.401. The van der Waals surface area contributed by atoms with E-state index >= 15 is 0 Å². The molecular formula is C13H16FN3O2. The fourth-order valence-electron chi connectivity index (χ4n) is 1.91. The van der Waals surface area contributed by atoms with Gasteiger partial charge in [-0.15, -0.1) is 0 Å². The molecule has 0 fully saturated rings. The van der Waals surface area contributed by atoms with Gasteiger partial charge in [0, 0.05) is 24.2 Å². The van der Waals surface area contributed by atoms with Crippen molar-refractivity contribution in [1.82, 2.24) is 9.78 Å². The Morgan fingerprint density at radius 3 is 2.47 bits per heavy atom. The average Bonchev–Trinajstić information content (AvgIpc) is 2.76. The molecule has 2 aromatic rings. The van der Waals surface area contributed by atoms with E-state index in [0.717, 1.165) is 5.56 Å². The number of aromatic nitrogens is 2. The lowest BCUT2D eigenvalue weighted by molar-refractivity contribution is 0.345. The summed E-state index contributed by atoms with van der Waals surface area (Å²) in [5.41, 5.74) is 7.56. The summed E-state index contributed by atoms with van der Waals surface area (Å²) in [5.74, 6) is 1.40. The number of nitrogen functional groups attached to an aromatic ring is 1. The van der Waals surface area contributed by atoms with Crippen LogP contribution in [0.15, 0.2) is 18.2 Å². The number of anilines is 1. The third-order valence-electron chi connectivity index (χ3n) is 2.91. The van der Waals surface area contributed by atoms with E-state index < -0.39 is 6.67 Å². The SMILES string of the molecule is COc1cc(-c2cc(N)n(C)n2)cc(CF)c1OC. The van der Waals surface area contributed by atoms with Gasteiger partial charge in [-0.3, -0.25) is 4.68 Å². The lowest BCUT2D eigenvalue weighted by Crippen LogP contribution is -1.97. The highest BCUT2D eigenvalue weighted by Gasteiger charge is 2.15. The highest BCUT2D eigenvalue weighted by atomic mass is 19.1. The highest BCUT2D eigenvalue weighted by Crippen LogP contribution is 2.36. The van der Waals surface area contributed by atoms with Gasteiger partial charge in [-0.05, 0) is 12.1 Å². The van der Waals surface area contributed by atoms with Gasteiger partial charge in [0.05, 0.1) is 19.9 Å². The zero-order valence-electron chi connectivity index (χ0n) is 11.1. The van der Waals surface area contributed by atoms with E-state index in [0.29, 0.717) is 28.6 Å². The van der Waals surface area contributed by atoms with E-state index in [2.05, 4.69) is 5.10 Å². The van der Waals surface area contributed by atoms with Gasteiger partial charge < -0.3 is 15.2 Å². The molecule has 0 atom stereocenters. The Hall–Kier alpha value is -2.24. The number of hydrogen-bond donors (Lipinski definition) is 1. The molecule has 0 unspecified atom stereocenters. The second kappa shape index (κ2) is 5.17. The van der Waals surface area contributed by atoms with E-state index in [1.165, 1.54) is 14.2 Å². The van der Waals surface area contributed by atoms with Gasteiger partial charge in [-0.25, -0.2) is 4.39 Å². The number of methoxy groups -OCH3 is 2. The number of hydrogen-bond acceptors (Lipinski definition) is 4. The largest absolute Gasteiger partial charge is 0.493 e. The minimum atomic E-state index is -0.643. The first kappa shape index (κ1) is 13.2. The normalized spacial score (nSPS) is 10.5. The Kier molecular flexibility index (Phi) is 3.59. The number of aryl methyl sites for hydroxylation is 1. The molecule has 1 aromatic carbocycles. The number of benzene rings is 1. The molecule has 0 saturated carbocycles. The fourth-order valence-corrected chi connectivity index (χ4v) is 1.91. The number of rotatable bonds is 4. The molecule has 0 saturated heterocycles. The Morgan fingerprint density at radius 2 is 2.00 bits per heavy atom. The van der Waals surface area contributed by atoms with Gasteiger partial charge in [0.2, 0.25) is 0 Å². The van der Waals surface area contributed by atoms with Gasteiger partial charge in [-0.2, -0.15) is 5.10 Å². The first-order valence-electron chi connectivity index (χ1n) is 5.71. The molecule has 19 heavy (non-hydrogen) atoms. The Bertz CT molecular complexity index is 551. The Balaban J connectivity index is 2.58. The van der Waals surface area contributed by atoms with Crippen molar-refractivity contribution in [1.29, 1.82) is 0 Å². The molecule has 0 bridgehead atoms. The monoisotopic (exact) mass is 265 g/mol. The van der Waals surface area contributed by atoms with Crippen molar-refractivity contribution in [2.75, 3.05) is 20.0 Å². The first-order valence-corrected chi connectivity index (χ1v) is 5.71. The summed E-state index contributed by atoms with van der Waals surface area (Å²) in [6.07, 6.45) is 0. The topological polar surface area (TPSA) is 62.3 Å². The predicted molar refractivity (Wildman–Crippen MR) is 71.0 cm³/mol. The molecule has 5 nitrogen and oxygen atoms in total. The van der Waals surface area contributed by atoms with Crippen molar-refractivity contribution in [3.05, 3.63) is 23.8 Å². The lowest BCUT2D eigenvalue weighted by Gasteiger charge is -2.12. The number of halogens is 1. The van der Waals surface area contributed by atoms with Crippen molar-refractivity contribution in [3.63, 3.8) is 0 Å². The minimum Gasteiger partial charge on any atom is -0.493 e. The van der Waals surface area contributed by atoms with Crippen LogP contribution in [-0.2, 0) is 13.7 Å². The number of ether oxygens (including phenoxy) is 2. The van der Waals surface area contributed by atoms with E-state index in [1.54, 1.807) is 29.9 Å². The maximum atomic E-state index is 13.1. The van der Waals surface area contributed by atoms with E-state index in [9.17, 15) is 4.39 Å². The Labute approximate surface area is 110 Å². The van der Waals surface area contributed by atoms with Crippen LogP contribution >= 0.6 is 0 Å². The predicted octanol–water partition coefficient (Wildman–Crippen LogP) is 2.16. The maximum absolute atomic E-state index is 13.1. The lowest BCUT2D eigenvalue weighted by atomic mass is 10.1. The van der Waals surface area contributed by atoms with E-state index in [1.807, 2.05) is 0 Å². The third-order valence-corrected chi connectivity index (χ3v) is 2.91. The van der Waals surface area contributed by atoms with Crippen molar-refractivity contribution in [3.8, 4) is 22.8 Å². The molecule has 6 heteroatoms. The van der Waals surface area contributed by atoms with Crippen molar-refractivity contribution in [2.45, 2.75) is 6.67 Å². The summed E-state index contributed by atoms with van der Waals surface area (Å²) in [6, 6.07) is 5.16. The van der Waals surface area contributed by atoms with Gasteiger partial charge in [-0.1, -0.05) is 0 Å². The van der Waals surface area contributed by atoms with Crippen LogP contribution in [0.25, 0.3) is 11.3 Å². The second-order valence-corrected chi connectivity index (χ2v) is 4.08. The zero-order valence-corrected chi connectivity index (χ0v) is 11.1. The van der Waals surface area contributed by atoms with Crippen LogP contribution in [0.1, 0.15) is 5.56 Å². The Morgan fingerprint density at radius 1 is 1.26 bits per heavy atom. The third kappa shape index (κ3) is 2.33. The molecule has 0 radical (unpaired) electrons. The molecule has 0 spiro atoms. The number of nitrogens with zero attached hydrogens (tertiary/aromatic N) is 2. The van der Waals surface area contributed by atoms with Crippen molar-refractivity contribution in [2.24, 2.45) is 7.05 Å². The maximum Gasteiger partial charge on any atom is 0.166 e. The molecular weight excluding hydrogens is 249 g/mol. The standard InChI is InChI=1S/C13H16FN3O2/c1-17-12(15)6-10(16-17)8-4-9(7-14)13(19-3)11(5-8)18-2/h4-6H,7,15H2,1-3H3. The van der Waals surface area contributed by atoms with E-state index in [4.69, 9.17) is 15.2 Å². The molecule has 1 aromatic heterocycles. The molecule has 102 valence electrons. The zero-order chi connectivity index (χ0) is 14.0. The molecule has 2 rings (SSSR count). The summed E-state index contributed by atoms with van der Waals surface area (Å²) < 4.78 is 25.0. The molecule has 0 aliphatic heterocycles. The fraction of sp³-hybridized carbons (Fsp3) is 0.308. The van der Waals surface area contributed by atoms with Gasteiger partial charge in [0.15, 0.2) is 11.5 Å². The summed E-state index contributed by atoms with van der Waals surface area (Å²) in [6.45, 7) is -0.643. The summed E-state index contributed by atoms with van der Waals surface area (Å²) >= 11 is 0. The van der Waals surface area contributed by atoms with Crippen molar-refractivity contribution < 1.29 is 13.9 Å². The summed E-state index contributed by atoms with van der Waals surface area (Å²) in [4.78, 5) is 0. The molecule has 0 amide bonds. The van der Waals surface area contributed by atoms with Crippen LogP contribution in [0.5, 0.6) is 11.5 Å². The second-order valence-electron chi connectivity index (χ2n) is 4.08. The van der Waals surface area contributed by atoms with Gasteiger partial charge in [0.25, 0.3) is 0 Å². The van der Waals surface area contributed by atoms with Crippen LogP contribution in [-0.4, -0.2) is 24.0 Å². The average molecular weight is 265 g/mol. The van der Waals surface area contributed by atoms with E-state index in [-0.39, 0.29) is 0 Å². The van der Waals surface area contributed by atoms with Crippen LogP contribution in [0.4, 0.5) is 10.2 Å². The van der Waals surface area contributed by atoms with Crippen LogP contribution in [0.2, 0.25) is 0 Å². The first-order chi connectivity index (χ1) is 9.10.